The lowest BCUT2D eigenvalue weighted by Gasteiger charge is -2.52. The second-order valence-corrected chi connectivity index (χ2v) is 8.96. The van der Waals surface area contributed by atoms with Gasteiger partial charge in [0.1, 0.15) is 0 Å². The van der Waals surface area contributed by atoms with Crippen LogP contribution in [-0.2, 0) is 20.8 Å². The van der Waals surface area contributed by atoms with Crippen molar-refractivity contribution in [1.29, 1.82) is 5.26 Å². The topological polar surface area (TPSA) is 65.8 Å². The summed E-state index contributed by atoms with van der Waals surface area (Å²) < 4.78 is 11.1. The Labute approximate surface area is 179 Å². The van der Waals surface area contributed by atoms with Gasteiger partial charge >= 0.3 is 5.97 Å². The molecule has 162 valence electrons. The van der Waals surface area contributed by atoms with Gasteiger partial charge in [0, 0.05) is 32.2 Å². The molecule has 0 radical (unpaired) electrons. The van der Waals surface area contributed by atoms with Crippen LogP contribution in [0.25, 0.3) is 0 Å². The Hall–Kier alpha value is -1.94. The van der Waals surface area contributed by atoms with Crippen molar-refractivity contribution in [2.75, 3.05) is 46.0 Å². The first kappa shape index (κ1) is 21.3. The van der Waals surface area contributed by atoms with Gasteiger partial charge in [0.15, 0.2) is 0 Å². The Balaban J connectivity index is 1.47. The third kappa shape index (κ3) is 4.39. The number of nitriles is 1. The molecule has 3 fully saturated rings. The zero-order chi connectivity index (χ0) is 21.0. The van der Waals surface area contributed by atoms with E-state index in [9.17, 15) is 4.79 Å². The van der Waals surface area contributed by atoms with Crippen LogP contribution in [0, 0.1) is 22.7 Å². The molecular weight excluding hydrogens is 378 g/mol. The van der Waals surface area contributed by atoms with E-state index in [0.29, 0.717) is 24.1 Å². The summed E-state index contributed by atoms with van der Waals surface area (Å²) in [6.07, 6.45) is 4.09. The van der Waals surface area contributed by atoms with Gasteiger partial charge in [0.2, 0.25) is 0 Å². The first-order valence-corrected chi connectivity index (χ1v) is 11.3. The molecule has 6 nitrogen and oxygen atoms in total. The van der Waals surface area contributed by atoms with Gasteiger partial charge in [-0.25, -0.2) is 0 Å². The largest absolute Gasteiger partial charge is 0.466 e. The summed E-state index contributed by atoms with van der Waals surface area (Å²) >= 11 is 0. The normalized spacial score (nSPS) is 30.3. The lowest BCUT2D eigenvalue weighted by Crippen LogP contribution is -2.58. The van der Waals surface area contributed by atoms with Gasteiger partial charge in [-0.15, -0.1) is 0 Å². The first-order valence-electron chi connectivity index (χ1n) is 11.3. The van der Waals surface area contributed by atoms with Gasteiger partial charge in [-0.3, -0.25) is 14.6 Å². The van der Waals surface area contributed by atoms with Crippen LogP contribution in [0.3, 0.4) is 0 Å². The summed E-state index contributed by atoms with van der Waals surface area (Å²) in [5.41, 5.74) is 1.49. The number of hydrogen-bond donors (Lipinski definition) is 0. The number of esters is 1. The van der Waals surface area contributed by atoms with Crippen molar-refractivity contribution < 1.29 is 14.3 Å². The molecule has 2 aliphatic heterocycles. The van der Waals surface area contributed by atoms with Crippen LogP contribution < -0.4 is 0 Å². The average molecular weight is 412 g/mol. The number of rotatable bonds is 5. The Morgan fingerprint density at radius 1 is 1.23 bits per heavy atom. The summed E-state index contributed by atoms with van der Waals surface area (Å²) in [6.45, 7) is 8.59. The smallest absolute Gasteiger partial charge is 0.313 e. The number of morpholine rings is 1. The van der Waals surface area contributed by atoms with Crippen molar-refractivity contribution >= 4 is 5.97 Å². The number of benzene rings is 1. The zero-order valence-corrected chi connectivity index (χ0v) is 18.0. The molecular formula is C24H33N3O3. The van der Waals surface area contributed by atoms with Crippen LogP contribution in [-0.4, -0.2) is 67.8 Å². The Morgan fingerprint density at radius 2 is 2.00 bits per heavy atom. The predicted molar refractivity (Wildman–Crippen MR) is 114 cm³/mol. The van der Waals surface area contributed by atoms with Gasteiger partial charge in [-0.1, -0.05) is 12.1 Å². The summed E-state index contributed by atoms with van der Waals surface area (Å²) in [4.78, 5) is 18.2. The number of ether oxygens (including phenoxy) is 2. The van der Waals surface area contributed by atoms with Crippen LogP contribution in [0.2, 0.25) is 0 Å². The minimum absolute atomic E-state index is 0.0000408. The number of piperidine rings is 1. The number of hydrogen-bond acceptors (Lipinski definition) is 6. The highest BCUT2D eigenvalue weighted by Crippen LogP contribution is 2.48. The second kappa shape index (κ2) is 9.47. The maximum atomic E-state index is 13.2. The van der Waals surface area contributed by atoms with Gasteiger partial charge in [-0.05, 0) is 62.8 Å². The fourth-order valence-corrected chi connectivity index (χ4v) is 5.68. The van der Waals surface area contributed by atoms with Crippen LogP contribution in [0.4, 0.5) is 0 Å². The molecule has 1 saturated carbocycles. The van der Waals surface area contributed by atoms with Gasteiger partial charge in [0.05, 0.1) is 36.9 Å². The molecule has 1 aliphatic carbocycles. The molecule has 0 amide bonds. The molecule has 4 rings (SSSR count). The van der Waals surface area contributed by atoms with Crippen molar-refractivity contribution in [3.05, 3.63) is 35.4 Å². The minimum atomic E-state index is -0.385. The van der Waals surface area contributed by atoms with Crippen molar-refractivity contribution in [3.63, 3.8) is 0 Å². The van der Waals surface area contributed by atoms with E-state index in [0.717, 1.165) is 71.6 Å². The standard InChI is InChI=1S/C24H33N3O3/c1-2-30-23(28)24-9-7-22(27-11-13-29-14-12-27)15-21(24)8-10-26(18-24)17-20-5-3-19(16-25)4-6-20/h3-6,21-22H,2,7-15,17-18H2,1H3/t21-,22-,24-/m1/s1. The molecule has 0 spiro atoms. The third-order valence-corrected chi connectivity index (χ3v) is 7.29. The number of carbonyl (C=O) groups is 1. The maximum Gasteiger partial charge on any atom is 0.313 e. The minimum Gasteiger partial charge on any atom is -0.466 e. The van der Waals surface area contributed by atoms with E-state index < -0.39 is 0 Å². The van der Waals surface area contributed by atoms with Crippen LogP contribution >= 0.6 is 0 Å². The van der Waals surface area contributed by atoms with Crippen LogP contribution in [0.1, 0.15) is 43.7 Å². The Kier molecular flexibility index (Phi) is 6.72. The predicted octanol–water partition coefficient (Wildman–Crippen LogP) is 2.81. The van der Waals surface area contributed by atoms with E-state index in [2.05, 4.69) is 15.9 Å². The van der Waals surface area contributed by atoms with E-state index >= 15 is 0 Å². The summed E-state index contributed by atoms with van der Waals surface area (Å²) in [5, 5.41) is 9.02. The molecule has 1 aromatic carbocycles. The van der Waals surface area contributed by atoms with Gasteiger partial charge in [-0.2, -0.15) is 5.26 Å². The van der Waals surface area contributed by atoms with E-state index in [1.54, 1.807) is 0 Å². The Morgan fingerprint density at radius 3 is 2.70 bits per heavy atom. The van der Waals surface area contributed by atoms with Crippen molar-refractivity contribution in [1.82, 2.24) is 9.80 Å². The zero-order valence-electron chi connectivity index (χ0n) is 18.0. The number of likely N-dealkylation sites (tertiary alicyclic amines) is 1. The molecule has 0 bridgehead atoms. The average Bonchev–Trinajstić information content (AvgIpc) is 2.80. The lowest BCUT2D eigenvalue weighted by atomic mass is 9.61. The molecule has 3 atom stereocenters. The third-order valence-electron chi connectivity index (χ3n) is 7.29. The number of carbonyl (C=O) groups excluding carboxylic acids is 1. The number of fused-ring (bicyclic) bond motifs is 1. The SMILES string of the molecule is CCOC(=O)[C@@]12CC[C@@H](N3CCOCC3)C[C@H]1CCN(Cc1ccc(C#N)cc1)C2. The maximum absolute atomic E-state index is 13.2. The highest BCUT2D eigenvalue weighted by Gasteiger charge is 2.53. The Bertz CT molecular complexity index is 769. The molecule has 30 heavy (non-hydrogen) atoms. The van der Waals surface area contributed by atoms with Crippen LogP contribution in [0.5, 0.6) is 0 Å². The molecule has 2 heterocycles. The van der Waals surface area contributed by atoms with E-state index in [1.807, 2.05) is 31.2 Å². The molecule has 0 unspecified atom stereocenters. The summed E-state index contributed by atoms with van der Waals surface area (Å²) in [7, 11) is 0. The fraction of sp³-hybridized carbons (Fsp3) is 0.667. The highest BCUT2D eigenvalue weighted by atomic mass is 16.5. The molecule has 0 N–H and O–H groups in total. The fourth-order valence-electron chi connectivity index (χ4n) is 5.68. The van der Waals surface area contributed by atoms with E-state index in [-0.39, 0.29) is 11.4 Å². The quantitative estimate of drug-likeness (QED) is 0.694. The van der Waals surface area contributed by atoms with Gasteiger partial charge in [0.25, 0.3) is 0 Å². The summed E-state index contributed by atoms with van der Waals surface area (Å²) in [5.74, 6) is 0.385. The van der Waals surface area contributed by atoms with Crippen LogP contribution in [0.15, 0.2) is 24.3 Å². The van der Waals surface area contributed by atoms with Crippen molar-refractivity contribution in [2.45, 2.75) is 45.2 Å². The molecule has 3 aliphatic rings. The lowest BCUT2D eigenvalue weighted by molar-refractivity contribution is -0.170. The molecule has 2 saturated heterocycles. The molecule has 6 heteroatoms. The monoisotopic (exact) mass is 411 g/mol. The first-order chi connectivity index (χ1) is 14.6. The summed E-state index contributed by atoms with van der Waals surface area (Å²) in [6, 6.07) is 10.5. The molecule has 1 aromatic rings. The van der Waals surface area contributed by atoms with Crippen molar-refractivity contribution in [3.8, 4) is 6.07 Å². The number of nitrogens with zero attached hydrogens (tertiary/aromatic N) is 3. The van der Waals surface area contributed by atoms with Crippen molar-refractivity contribution in [2.24, 2.45) is 11.3 Å². The van der Waals surface area contributed by atoms with Gasteiger partial charge < -0.3 is 9.47 Å². The van der Waals surface area contributed by atoms with E-state index in [1.165, 1.54) is 5.56 Å². The van der Waals surface area contributed by atoms with E-state index in [4.69, 9.17) is 14.7 Å². The second-order valence-electron chi connectivity index (χ2n) is 8.96. The highest BCUT2D eigenvalue weighted by molar-refractivity contribution is 5.78. The molecule has 0 aromatic heterocycles.